The highest BCUT2D eigenvalue weighted by molar-refractivity contribution is 5.85. The Labute approximate surface area is 206 Å². The molecule has 4 saturated carbocycles. The van der Waals surface area contributed by atoms with E-state index in [1.165, 1.54) is 32.1 Å². The van der Waals surface area contributed by atoms with Gasteiger partial charge in [0.15, 0.2) is 0 Å². The molecule has 4 aliphatic carbocycles. The van der Waals surface area contributed by atoms with Crippen molar-refractivity contribution in [2.75, 3.05) is 6.54 Å². The molecule has 0 bridgehead atoms. The van der Waals surface area contributed by atoms with Gasteiger partial charge in [0, 0.05) is 12.3 Å². The number of carbonyl (C=O) groups is 3. The van der Waals surface area contributed by atoms with Crippen LogP contribution in [0.2, 0.25) is 0 Å². The minimum atomic E-state index is -0.396. The Morgan fingerprint density at radius 1 is 0.941 bits per heavy atom. The second-order valence-corrected chi connectivity index (χ2v) is 13.1. The van der Waals surface area contributed by atoms with Gasteiger partial charge in [0.1, 0.15) is 17.7 Å². The lowest BCUT2D eigenvalue weighted by Crippen LogP contribution is -2.54. The number of ether oxygens (including phenoxy) is 1. The maximum absolute atomic E-state index is 13.0. The number of hydrogen-bond donors (Lipinski definition) is 1. The first-order valence-corrected chi connectivity index (χ1v) is 13.9. The lowest BCUT2D eigenvalue weighted by Gasteiger charge is -2.61. The van der Waals surface area contributed by atoms with Crippen molar-refractivity contribution in [3.8, 4) is 0 Å². The first-order chi connectivity index (χ1) is 16.0. The molecule has 0 heterocycles. The van der Waals surface area contributed by atoms with Crippen molar-refractivity contribution in [3.63, 3.8) is 0 Å². The molecule has 4 rings (SSSR count). The fourth-order valence-corrected chi connectivity index (χ4v) is 9.17. The summed E-state index contributed by atoms with van der Waals surface area (Å²) in [5.74, 6) is 2.81. The van der Waals surface area contributed by atoms with E-state index in [0.29, 0.717) is 23.0 Å². The van der Waals surface area contributed by atoms with Crippen molar-refractivity contribution in [2.24, 2.45) is 58.0 Å². The second-order valence-electron chi connectivity index (χ2n) is 13.1. The van der Waals surface area contributed by atoms with Crippen molar-refractivity contribution in [2.45, 2.75) is 105 Å². The molecule has 0 unspecified atom stereocenters. The Balaban J connectivity index is 1.42. The highest BCUT2D eigenvalue weighted by Crippen LogP contribution is 2.67. The number of Topliss-reactive ketones (excluding diaryl/α,β-unsaturated/α-hetero) is 2. The van der Waals surface area contributed by atoms with E-state index in [2.05, 4.69) is 13.8 Å². The number of esters is 1. The molecule has 34 heavy (non-hydrogen) atoms. The summed E-state index contributed by atoms with van der Waals surface area (Å²) < 4.78 is 6.05. The van der Waals surface area contributed by atoms with Crippen molar-refractivity contribution in [1.29, 1.82) is 0 Å². The van der Waals surface area contributed by atoms with E-state index >= 15 is 0 Å². The number of nitrogens with two attached hydrogens (primary N) is 1. The van der Waals surface area contributed by atoms with Gasteiger partial charge in [-0.25, -0.2) is 0 Å². The van der Waals surface area contributed by atoms with Gasteiger partial charge in [0.05, 0.1) is 12.5 Å². The minimum Gasteiger partial charge on any atom is -0.462 e. The minimum absolute atomic E-state index is 0.0177. The first kappa shape index (κ1) is 25.9. The van der Waals surface area contributed by atoms with Gasteiger partial charge in [-0.1, -0.05) is 27.7 Å². The third kappa shape index (κ3) is 4.40. The molecular formula is C29H47NO4. The van der Waals surface area contributed by atoms with Crippen molar-refractivity contribution in [3.05, 3.63) is 0 Å². The van der Waals surface area contributed by atoms with Crippen molar-refractivity contribution in [1.82, 2.24) is 0 Å². The Kier molecular flexibility index (Phi) is 7.35. The third-order valence-electron chi connectivity index (χ3n) is 11.2. The summed E-state index contributed by atoms with van der Waals surface area (Å²) in [5, 5.41) is 0. The Bertz CT molecular complexity index is 808. The van der Waals surface area contributed by atoms with Crippen LogP contribution in [0.5, 0.6) is 0 Å². The Morgan fingerprint density at radius 2 is 1.62 bits per heavy atom. The Hall–Kier alpha value is -1.23. The van der Waals surface area contributed by atoms with Crippen LogP contribution >= 0.6 is 0 Å². The number of ketones is 2. The molecule has 0 saturated heterocycles. The number of fused-ring (bicyclic) bond motifs is 5. The van der Waals surface area contributed by atoms with E-state index < -0.39 is 5.92 Å². The molecule has 5 nitrogen and oxygen atoms in total. The SMILES string of the molecule is CC(=O)[C@H]1CC[C@H]2[C@@H]3CC[C@H]4C[C@H](OC(=O)[C@@H](CC(=O)CN)C(C)C)CC[C@]4(C)[C@H]3CC[C@]12C. The van der Waals surface area contributed by atoms with E-state index in [0.717, 1.165) is 37.5 Å². The van der Waals surface area contributed by atoms with Crippen LogP contribution < -0.4 is 5.73 Å². The van der Waals surface area contributed by atoms with Gasteiger partial charge in [-0.2, -0.15) is 0 Å². The summed E-state index contributed by atoms with van der Waals surface area (Å²) in [6, 6.07) is 0. The zero-order valence-electron chi connectivity index (χ0n) is 22.1. The molecule has 0 radical (unpaired) electrons. The largest absolute Gasteiger partial charge is 0.462 e. The van der Waals surface area contributed by atoms with E-state index in [-0.39, 0.29) is 48.1 Å². The molecular weight excluding hydrogens is 426 g/mol. The van der Waals surface area contributed by atoms with Crippen LogP contribution in [0.4, 0.5) is 0 Å². The average molecular weight is 474 g/mol. The van der Waals surface area contributed by atoms with Crippen LogP contribution in [-0.2, 0) is 19.1 Å². The van der Waals surface area contributed by atoms with Crippen LogP contribution in [0, 0.1) is 52.3 Å². The first-order valence-electron chi connectivity index (χ1n) is 13.9. The fourth-order valence-electron chi connectivity index (χ4n) is 9.17. The molecule has 192 valence electrons. The number of rotatable bonds is 7. The number of carbonyl (C=O) groups excluding carboxylic acids is 3. The van der Waals surface area contributed by atoms with Crippen molar-refractivity contribution >= 4 is 17.5 Å². The maximum atomic E-state index is 13.0. The predicted molar refractivity (Wildman–Crippen MR) is 133 cm³/mol. The molecule has 2 N–H and O–H groups in total. The standard InChI is InChI=1S/C29H47NO4/c1-17(2)23(15-20(32)16-30)27(33)34-21-10-12-28(4)19(14-21)6-7-22-25-9-8-24(18(3)31)29(25,5)13-11-26(22)28/h17,19,21-26H,6-16,30H2,1-5H3/t19-,21+,22-,23-,24+,25-,26-,28-,29+/m0/s1. The van der Waals surface area contributed by atoms with Crippen LogP contribution in [0.25, 0.3) is 0 Å². The summed E-state index contributed by atoms with van der Waals surface area (Å²) in [6.07, 6.45) is 10.4. The predicted octanol–water partition coefficient (Wildman–Crippen LogP) is 5.34. The molecule has 0 aromatic rings. The summed E-state index contributed by atoms with van der Waals surface area (Å²) in [6.45, 7) is 10.7. The molecule has 9 atom stereocenters. The molecule has 5 heteroatoms. The average Bonchev–Trinajstić information content (AvgIpc) is 3.14. The molecule has 0 aromatic heterocycles. The van der Waals surface area contributed by atoms with Gasteiger partial charge in [0.25, 0.3) is 0 Å². The van der Waals surface area contributed by atoms with Gasteiger partial charge in [-0.05, 0) is 105 Å². The highest BCUT2D eigenvalue weighted by Gasteiger charge is 2.61. The van der Waals surface area contributed by atoms with Gasteiger partial charge in [0.2, 0.25) is 0 Å². The van der Waals surface area contributed by atoms with Crippen LogP contribution in [0.15, 0.2) is 0 Å². The molecule has 4 aliphatic rings. The highest BCUT2D eigenvalue weighted by atomic mass is 16.5. The molecule has 4 fully saturated rings. The van der Waals surface area contributed by atoms with E-state index in [1.54, 1.807) is 6.92 Å². The zero-order valence-corrected chi connectivity index (χ0v) is 22.1. The molecule has 0 aliphatic heterocycles. The summed E-state index contributed by atoms with van der Waals surface area (Å²) in [4.78, 5) is 37.3. The van der Waals surface area contributed by atoms with Gasteiger partial charge in [-0.3, -0.25) is 14.4 Å². The smallest absolute Gasteiger partial charge is 0.309 e. The molecule has 0 amide bonds. The fraction of sp³-hybridized carbons (Fsp3) is 0.897. The topological polar surface area (TPSA) is 86.5 Å². The zero-order chi connectivity index (χ0) is 24.8. The number of hydrogen-bond acceptors (Lipinski definition) is 5. The third-order valence-corrected chi connectivity index (χ3v) is 11.2. The van der Waals surface area contributed by atoms with E-state index in [1.807, 2.05) is 13.8 Å². The van der Waals surface area contributed by atoms with Gasteiger partial charge < -0.3 is 10.5 Å². The normalized spacial score (nSPS) is 42.3. The summed E-state index contributed by atoms with van der Waals surface area (Å²) >= 11 is 0. The second kappa shape index (κ2) is 9.67. The maximum Gasteiger partial charge on any atom is 0.309 e. The van der Waals surface area contributed by atoms with Crippen molar-refractivity contribution < 1.29 is 19.1 Å². The van der Waals surface area contributed by atoms with Gasteiger partial charge >= 0.3 is 5.97 Å². The summed E-state index contributed by atoms with van der Waals surface area (Å²) in [7, 11) is 0. The molecule has 0 spiro atoms. The van der Waals surface area contributed by atoms with E-state index in [9.17, 15) is 14.4 Å². The molecule has 0 aromatic carbocycles. The van der Waals surface area contributed by atoms with E-state index in [4.69, 9.17) is 10.5 Å². The summed E-state index contributed by atoms with van der Waals surface area (Å²) in [5.41, 5.74) is 6.01. The van der Waals surface area contributed by atoms with Crippen LogP contribution in [-0.4, -0.2) is 30.2 Å². The lowest BCUT2D eigenvalue weighted by atomic mass is 9.44. The lowest BCUT2D eigenvalue weighted by molar-refractivity contribution is -0.169. The monoisotopic (exact) mass is 473 g/mol. The Morgan fingerprint density at radius 3 is 2.26 bits per heavy atom. The van der Waals surface area contributed by atoms with Gasteiger partial charge in [-0.15, -0.1) is 0 Å². The quantitative estimate of drug-likeness (QED) is 0.505. The van der Waals surface area contributed by atoms with Crippen LogP contribution in [0.3, 0.4) is 0 Å². The van der Waals surface area contributed by atoms with Crippen LogP contribution in [0.1, 0.15) is 98.8 Å².